The van der Waals surface area contributed by atoms with E-state index in [4.69, 9.17) is 11.6 Å². The lowest BCUT2D eigenvalue weighted by molar-refractivity contribution is 0.429. The van der Waals surface area contributed by atoms with Gasteiger partial charge in [-0.05, 0) is 37.0 Å². The molecule has 3 heterocycles. The molecule has 0 amide bonds. The zero-order valence-electron chi connectivity index (χ0n) is 16.1. The SMILES string of the molecule is Cn1c(O)cn(Cc2ccc(-c3ccc4c(nnn4CC4CC4)c3Cl)c(F)n2)c1=O. The van der Waals surface area contributed by atoms with Crippen molar-refractivity contribution in [2.75, 3.05) is 0 Å². The monoisotopic (exact) mass is 428 g/mol. The van der Waals surface area contributed by atoms with E-state index in [-0.39, 0.29) is 18.0 Å². The van der Waals surface area contributed by atoms with Gasteiger partial charge in [-0.25, -0.2) is 14.5 Å². The van der Waals surface area contributed by atoms with Gasteiger partial charge in [0.25, 0.3) is 0 Å². The van der Waals surface area contributed by atoms with Crippen molar-refractivity contribution in [3.05, 3.63) is 57.6 Å². The molecule has 0 unspecified atom stereocenters. The molecule has 1 fully saturated rings. The fourth-order valence-electron chi connectivity index (χ4n) is 3.51. The van der Waals surface area contributed by atoms with E-state index in [9.17, 15) is 14.3 Å². The average molecular weight is 429 g/mol. The summed E-state index contributed by atoms with van der Waals surface area (Å²) in [6.07, 6.45) is 3.68. The van der Waals surface area contributed by atoms with E-state index in [1.165, 1.54) is 30.7 Å². The van der Waals surface area contributed by atoms with Gasteiger partial charge in [-0.1, -0.05) is 22.9 Å². The maximum absolute atomic E-state index is 14.8. The summed E-state index contributed by atoms with van der Waals surface area (Å²) in [5.74, 6) is -0.235. The number of rotatable bonds is 5. The molecule has 1 saturated carbocycles. The fourth-order valence-corrected chi connectivity index (χ4v) is 3.81. The number of pyridine rings is 1. The van der Waals surface area contributed by atoms with Crippen LogP contribution in [0.4, 0.5) is 4.39 Å². The van der Waals surface area contributed by atoms with Gasteiger partial charge < -0.3 is 5.11 Å². The average Bonchev–Trinajstić information content (AvgIpc) is 3.40. The molecule has 0 bridgehead atoms. The van der Waals surface area contributed by atoms with Crippen molar-refractivity contribution in [2.24, 2.45) is 13.0 Å². The number of hydrogen-bond donors (Lipinski definition) is 1. The largest absolute Gasteiger partial charge is 0.493 e. The maximum atomic E-state index is 14.8. The van der Waals surface area contributed by atoms with Crippen LogP contribution in [0.5, 0.6) is 5.88 Å². The third-order valence-corrected chi connectivity index (χ3v) is 5.81. The summed E-state index contributed by atoms with van der Waals surface area (Å²) in [6, 6.07) is 6.79. The number of aromatic nitrogens is 6. The second kappa shape index (κ2) is 6.94. The van der Waals surface area contributed by atoms with Crippen LogP contribution in [0.3, 0.4) is 0 Å². The second-order valence-corrected chi connectivity index (χ2v) is 7.99. The number of aromatic hydroxyl groups is 1. The highest BCUT2D eigenvalue weighted by Crippen LogP contribution is 2.36. The highest BCUT2D eigenvalue weighted by Gasteiger charge is 2.24. The van der Waals surface area contributed by atoms with Crippen molar-refractivity contribution in [2.45, 2.75) is 25.9 Å². The van der Waals surface area contributed by atoms with Crippen molar-refractivity contribution < 1.29 is 9.50 Å². The number of benzene rings is 1. The zero-order valence-corrected chi connectivity index (χ0v) is 16.8. The Labute approximate surface area is 175 Å². The van der Waals surface area contributed by atoms with Crippen LogP contribution in [0.15, 0.2) is 35.3 Å². The zero-order chi connectivity index (χ0) is 21.0. The smallest absolute Gasteiger partial charge is 0.331 e. The van der Waals surface area contributed by atoms with Crippen LogP contribution < -0.4 is 5.69 Å². The molecule has 10 heteroatoms. The van der Waals surface area contributed by atoms with Crippen molar-refractivity contribution in [1.29, 1.82) is 0 Å². The topological polar surface area (TPSA) is 90.8 Å². The molecule has 0 atom stereocenters. The molecule has 8 nitrogen and oxygen atoms in total. The molecule has 0 spiro atoms. The molecule has 0 aliphatic heterocycles. The lowest BCUT2D eigenvalue weighted by Gasteiger charge is -2.08. The number of halogens is 2. The number of imidazole rings is 1. The Hall–Kier alpha value is -3.20. The minimum absolute atomic E-state index is 0.0344. The molecule has 30 heavy (non-hydrogen) atoms. The first-order valence-corrected chi connectivity index (χ1v) is 9.93. The molecule has 1 aliphatic rings. The van der Waals surface area contributed by atoms with Crippen LogP contribution in [-0.4, -0.2) is 34.2 Å². The number of hydrogen-bond acceptors (Lipinski definition) is 5. The summed E-state index contributed by atoms with van der Waals surface area (Å²) in [5.41, 5.74) is 2.01. The van der Waals surface area contributed by atoms with Crippen LogP contribution in [0, 0.1) is 11.9 Å². The molecule has 5 rings (SSSR count). The van der Waals surface area contributed by atoms with Crippen LogP contribution in [0.25, 0.3) is 22.2 Å². The lowest BCUT2D eigenvalue weighted by Crippen LogP contribution is -2.22. The molecule has 1 aliphatic carbocycles. The van der Waals surface area contributed by atoms with Crippen LogP contribution in [0.1, 0.15) is 18.5 Å². The van der Waals surface area contributed by atoms with Gasteiger partial charge in [0.05, 0.1) is 29.0 Å². The highest BCUT2D eigenvalue weighted by atomic mass is 35.5. The Bertz CT molecular complexity index is 1340. The van der Waals surface area contributed by atoms with Crippen LogP contribution >= 0.6 is 11.6 Å². The van der Waals surface area contributed by atoms with Gasteiger partial charge in [0.15, 0.2) is 0 Å². The van der Waals surface area contributed by atoms with Gasteiger partial charge in [-0.3, -0.25) is 9.13 Å². The first-order valence-electron chi connectivity index (χ1n) is 9.55. The van der Waals surface area contributed by atoms with E-state index in [1.807, 2.05) is 10.7 Å². The molecule has 0 radical (unpaired) electrons. The molecular weight excluding hydrogens is 411 g/mol. The summed E-state index contributed by atoms with van der Waals surface area (Å²) in [5, 5.41) is 18.3. The van der Waals surface area contributed by atoms with Crippen molar-refractivity contribution in [3.63, 3.8) is 0 Å². The Balaban J connectivity index is 1.48. The molecule has 4 aromatic rings. The van der Waals surface area contributed by atoms with Gasteiger partial charge in [-0.15, -0.1) is 5.10 Å². The normalized spacial score (nSPS) is 14.0. The first kappa shape index (κ1) is 18.8. The van der Waals surface area contributed by atoms with Gasteiger partial charge in [0, 0.05) is 24.7 Å². The van der Waals surface area contributed by atoms with E-state index in [2.05, 4.69) is 15.3 Å². The fraction of sp³-hybridized carbons (Fsp3) is 0.300. The quantitative estimate of drug-likeness (QED) is 0.493. The molecule has 1 N–H and O–H groups in total. The standard InChI is InChI=1S/C20H18ClFN6O2/c1-26-16(29)10-27(20(26)30)9-12-4-5-14(19(22)23-12)13-6-7-15-18(17(13)21)24-25-28(15)8-11-2-3-11/h4-7,10-11,29H,2-3,8-9H2,1H3. The summed E-state index contributed by atoms with van der Waals surface area (Å²) in [4.78, 5) is 16.0. The van der Waals surface area contributed by atoms with Crippen molar-refractivity contribution in [1.82, 2.24) is 29.1 Å². The van der Waals surface area contributed by atoms with Gasteiger partial charge in [0.2, 0.25) is 11.8 Å². The Kier molecular flexibility index (Phi) is 4.35. The summed E-state index contributed by atoms with van der Waals surface area (Å²) >= 11 is 6.54. The minimum Gasteiger partial charge on any atom is -0.493 e. The minimum atomic E-state index is -0.702. The van der Waals surface area contributed by atoms with Crippen molar-refractivity contribution in [3.8, 4) is 17.0 Å². The third kappa shape index (κ3) is 3.15. The molecule has 154 valence electrons. The predicted octanol–water partition coefficient (Wildman–Crippen LogP) is 2.95. The van der Waals surface area contributed by atoms with E-state index >= 15 is 0 Å². The Morgan fingerprint density at radius 3 is 2.67 bits per heavy atom. The van der Waals surface area contributed by atoms with E-state index in [1.54, 1.807) is 18.2 Å². The van der Waals surface area contributed by atoms with Gasteiger partial charge >= 0.3 is 5.69 Å². The third-order valence-electron chi connectivity index (χ3n) is 5.43. The van der Waals surface area contributed by atoms with Crippen molar-refractivity contribution >= 4 is 22.6 Å². The molecule has 3 aromatic heterocycles. The Morgan fingerprint density at radius 2 is 2.00 bits per heavy atom. The summed E-state index contributed by atoms with van der Waals surface area (Å²) in [6.45, 7) is 0.845. The number of fused-ring (bicyclic) bond motifs is 1. The lowest BCUT2D eigenvalue weighted by atomic mass is 10.1. The predicted molar refractivity (Wildman–Crippen MR) is 109 cm³/mol. The number of nitrogens with zero attached hydrogens (tertiary/aromatic N) is 6. The molecule has 0 saturated heterocycles. The highest BCUT2D eigenvalue weighted by molar-refractivity contribution is 6.37. The Morgan fingerprint density at radius 1 is 1.23 bits per heavy atom. The van der Waals surface area contributed by atoms with Gasteiger partial charge in [0.1, 0.15) is 5.52 Å². The molecular formula is C20H18ClFN6O2. The maximum Gasteiger partial charge on any atom is 0.331 e. The van der Waals surface area contributed by atoms with Crippen LogP contribution in [-0.2, 0) is 20.1 Å². The van der Waals surface area contributed by atoms with Gasteiger partial charge in [-0.2, -0.15) is 4.39 Å². The molecule has 1 aromatic carbocycles. The second-order valence-electron chi connectivity index (χ2n) is 7.61. The summed E-state index contributed by atoms with van der Waals surface area (Å²) < 4.78 is 19.0. The van der Waals surface area contributed by atoms with E-state index in [0.29, 0.717) is 27.7 Å². The first-order chi connectivity index (χ1) is 14.4. The van der Waals surface area contributed by atoms with Crippen LogP contribution in [0.2, 0.25) is 5.02 Å². The van der Waals surface area contributed by atoms with E-state index < -0.39 is 11.6 Å². The summed E-state index contributed by atoms with van der Waals surface area (Å²) in [7, 11) is 1.45. The van der Waals surface area contributed by atoms with E-state index in [0.717, 1.165) is 16.6 Å².